The molecule has 0 aliphatic carbocycles. The van der Waals surface area contributed by atoms with Crippen molar-refractivity contribution in [1.82, 2.24) is 5.32 Å². The van der Waals surface area contributed by atoms with Crippen molar-refractivity contribution in [3.63, 3.8) is 0 Å². The van der Waals surface area contributed by atoms with Crippen molar-refractivity contribution < 1.29 is 33.3 Å². The molecule has 9 nitrogen and oxygen atoms in total. The quantitative estimate of drug-likeness (QED) is 0.342. The molecule has 0 unspecified atom stereocenters. The van der Waals surface area contributed by atoms with Crippen LogP contribution in [0.15, 0.2) is 88.3 Å². The minimum Gasteiger partial charge on any atom is -0.508 e. The van der Waals surface area contributed by atoms with Gasteiger partial charge < -0.3 is 29.1 Å². The largest absolute Gasteiger partial charge is 0.508 e. The van der Waals surface area contributed by atoms with Crippen molar-refractivity contribution in [2.45, 2.75) is 12.5 Å². The van der Waals surface area contributed by atoms with Crippen LogP contribution in [0.25, 0.3) is 11.0 Å². The summed E-state index contributed by atoms with van der Waals surface area (Å²) in [4.78, 5) is 37.3. The number of benzene rings is 3. The molecule has 0 fully saturated rings. The van der Waals surface area contributed by atoms with E-state index < -0.39 is 17.9 Å². The van der Waals surface area contributed by atoms with Gasteiger partial charge in [0.25, 0.3) is 5.91 Å². The zero-order valence-electron chi connectivity index (χ0n) is 19.3. The van der Waals surface area contributed by atoms with E-state index in [0.717, 1.165) is 5.56 Å². The van der Waals surface area contributed by atoms with Crippen molar-refractivity contribution in [3.8, 4) is 23.0 Å². The maximum Gasteiger partial charge on any atom is 0.328 e. The molecule has 3 aromatic carbocycles. The number of rotatable bonds is 9. The first-order valence-corrected chi connectivity index (χ1v) is 11.0. The minimum absolute atomic E-state index is 0.0456. The standard InChI is InChI=1S/C27H23NO8/c1-33-27(32)22(13-17-7-9-18(29)10-8-17)28-25(30)16-34-20-11-12-21-23(14-20)35-15-24(26(21)31)36-19-5-3-2-4-6-19/h2-12,14-15,22,29H,13,16H2,1H3,(H,28,30)/t22-/m0/s1. The van der Waals surface area contributed by atoms with Gasteiger partial charge in [-0.3, -0.25) is 9.59 Å². The number of ether oxygens (including phenoxy) is 3. The second-order valence-corrected chi connectivity index (χ2v) is 7.80. The van der Waals surface area contributed by atoms with Gasteiger partial charge in [0.15, 0.2) is 6.61 Å². The summed E-state index contributed by atoms with van der Waals surface area (Å²) >= 11 is 0. The number of fused-ring (bicyclic) bond motifs is 1. The molecule has 2 N–H and O–H groups in total. The van der Waals surface area contributed by atoms with Crippen LogP contribution in [0.1, 0.15) is 5.56 Å². The van der Waals surface area contributed by atoms with Crippen LogP contribution in [-0.4, -0.2) is 36.7 Å². The summed E-state index contributed by atoms with van der Waals surface area (Å²) in [6.07, 6.45) is 1.39. The van der Waals surface area contributed by atoms with Gasteiger partial charge in [-0.2, -0.15) is 0 Å². The lowest BCUT2D eigenvalue weighted by Crippen LogP contribution is -2.44. The molecule has 0 aliphatic heterocycles. The van der Waals surface area contributed by atoms with E-state index in [0.29, 0.717) is 16.9 Å². The fourth-order valence-electron chi connectivity index (χ4n) is 3.45. The zero-order valence-corrected chi connectivity index (χ0v) is 19.3. The van der Waals surface area contributed by atoms with Gasteiger partial charge in [0.05, 0.1) is 12.5 Å². The molecule has 4 rings (SSSR count). The Bertz CT molecular complexity index is 1410. The third-order valence-electron chi connectivity index (χ3n) is 5.25. The Hall–Kier alpha value is -4.79. The van der Waals surface area contributed by atoms with Gasteiger partial charge in [-0.15, -0.1) is 0 Å². The van der Waals surface area contributed by atoms with Gasteiger partial charge in [0.2, 0.25) is 11.2 Å². The molecular weight excluding hydrogens is 466 g/mol. The topological polar surface area (TPSA) is 124 Å². The summed E-state index contributed by atoms with van der Waals surface area (Å²) in [7, 11) is 1.23. The second-order valence-electron chi connectivity index (χ2n) is 7.80. The van der Waals surface area contributed by atoms with Gasteiger partial charge in [0, 0.05) is 12.5 Å². The first-order valence-electron chi connectivity index (χ1n) is 11.0. The van der Waals surface area contributed by atoms with Crippen LogP contribution in [0.5, 0.6) is 23.0 Å². The molecule has 1 atom stereocenters. The summed E-state index contributed by atoms with van der Waals surface area (Å²) in [5.41, 5.74) is 0.641. The van der Waals surface area contributed by atoms with E-state index in [4.69, 9.17) is 18.6 Å². The molecule has 1 amide bonds. The van der Waals surface area contributed by atoms with Crippen LogP contribution in [0.4, 0.5) is 0 Å². The number of carbonyl (C=O) groups excluding carboxylic acids is 2. The van der Waals surface area contributed by atoms with Crippen LogP contribution >= 0.6 is 0 Å². The molecule has 0 radical (unpaired) electrons. The second kappa shape index (κ2) is 11.1. The Labute approximate surface area is 205 Å². The fourth-order valence-corrected chi connectivity index (χ4v) is 3.45. The lowest BCUT2D eigenvalue weighted by molar-refractivity contribution is -0.145. The molecule has 1 aromatic heterocycles. The van der Waals surface area contributed by atoms with Gasteiger partial charge in [-0.1, -0.05) is 30.3 Å². The van der Waals surface area contributed by atoms with Crippen molar-refractivity contribution in [1.29, 1.82) is 0 Å². The van der Waals surface area contributed by atoms with Crippen LogP contribution in [0.2, 0.25) is 0 Å². The summed E-state index contributed by atoms with van der Waals surface area (Å²) in [5.74, 6) is -0.215. The normalized spacial score (nSPS) is 11.5. The van der Waals surface area contributed by atoms with Crippen LogP contribution < -0.4 is 20.2 Å². The molecule has 0 spiro atoms. The Morgan fingerprint density at radius 2 is 1.75 bits per heavy atom. The number of phenolic OH excluding ortho intramolecular Hbond substituents is 1. The molecular formula is C27H23NO8. The van der Waals surface area contributed by atoms with Crippen molar-refractivity contribution >= 4 is 22.8 Å². The van der Waals surface area contributed by atoms with Crippen LogP contribution in [0, 0.1) is 0 Å². The zero-order chi connectivity index (χ0) is 25.5. The molecule has 1 heterocycles. The number of phenols is 1. The van der Waals surface area contributed by atoms with Crippen molar-refractivity contribution in [2.75, 3.05) is 13.7 Å². The summed E-state index contributed by atoms with van der Waals surface area (Å²) < 4.78 is 21.5. The lowest BCUT2D eigenvalue weighted by atomic mass is 10.1. The summed E-state index contributed by atoms with van der Waals surface area (Å²) in [6.45, 7) is -0.381. The number of nitrogens with one attached hydrogen (secondary N) is 1. The third kappa shape index (κ3) is 6.01. The predicted octanol–water partition coefficient (Wildman–Crippen LogP) is 3.57. The number of amides is 1. The van der Waals surface area contributed by atoms with Crippen molar-refractivity contribution in [3.05, 3.63) is 94.8 Å². The van der Waals surface area contributed by atoms with E-state index in [1.54, 1.807) is 36.4 Å². The SMILES string of the molecule is COC(=O)[C@H](Cc1ccc(O)cc1)NC(=O)COc1ccc2c(=O)c(Oc3ccccc3)coc2c1. The molecule has 0 bridgehead atoms. The highest BCUT2D eigenvalue weighted by Gasteiger charge is 2.22. The lowest BCUT2D eigenvalue weighted by Gasteiger charge is -2.17. The third-order valence-corrected chi connectivity index (χ3v) is 5.25. The van der Waals surface area contributed by atoms with Gasteiger partial charge in [0.1, 0.15) is 35.1 Å². The molecule has 0 saturated heterocycles. The van der Waals surface area contributed by atoms with E-state index in [1.165, 1.54) is 43.7 Å². The highest BCUT2D eigenvalue weighted by molar-refractivity contribution is 5.85. The van der Waals surface area contributed by atoms with Gasteiger partial charge in [-0.25, -0.2) is 4.79 Å². The predicted molar refractivity (Wildman–Crippen MR) is 130 cm³/mol. The number of hydrogen-bond acceptors (Lipinski definition) is 8. The smallest absolute Gasteiger partial charge is 0.328 e. The molecule has 9 heteroatoms. The average molecular weight is 489 g/mol. The summed E-state index contributed by atoms with van der Waals surface area (Å²) in [5, 5.41) is 12.3. The number of hydrogen-bond donors (Lipinski definition) is 2. The highest BCUT2D eigenvalue weighted by Crippen LogP contribution is 2.24. The van der Waals surface area contributed by atoms with Crippen LogP contribution in [0.3, 0.4) is 0 Å². The van der Waals surface area contributed by atoms with E-state index in [2.05, 4.69) is 5.32 Å². The number of esters is 1. The van der Waals surface area contributed by atoms with E-state index in [1.807, 2.05) is 6.07 Å². The van der Waals surface area contributed by atoms with E-state index in [-0.39, 0.29) is 35.5 Å². The highest BCUT2D eigenvalue weighted by atomic mass is 16.5. The number of para-hydroxylation sites is 1. The minimum atomic E-state index is -0.937. The molecule has 0 aliphatic rings. The van der Waals surface area contributed by atoms with Gasteiger partial charge >= 0.3 is 5.97 Å². The Morgan fingerprint density at radius 3 is 2.47 bits per heavy atom. The number of aromatic hydroxyl groups is 1. The first-order chi connectivity index (χ1) is 17.4. The Balaban J connectivity index is 1.40. The molecule has 0 saturated carbocycles. The average Bonchev–Trinajstić information content (AvgIpc) is 2.90. The van der Waals surface area contributed by atoms with Crippen LogP contribution in [-0.2, 0) is 20.7 Å². The van der Waals surface area contributed by atoms with E-state index >= 15 is 0 Å². The molecule has 36 heavy (non-hydrogen) atoms. The molecule has 184 valence electrons. The maximum absolute atomic E-state index is 12.7. The summed E-state index contributed by atoms with van der Waals surface area (Å²) in [6, 6.07) is 18.7. The Kier molecular flexibility index (Phi) is 7.50. The van der Waals surface area contributed by atoms with E-state index in [9.17, 15) is 19.5 Å². The monoisotopic (exact) mass is 489 g/mol. The molecule has 4 aromatic rings. The fraction of sp³-hybridized carbons (Fsp3) is 0.148. The van der Waals surface area contributed by atoms with Gasteiger partial charge in [-0.05, 0) is 42.0 Å². The first kappa shape index (κ1) is 24.3. The van der Waals surface area contributed by atoms with Crippen molar-refractivity contribution in [2.24, 2.45) is 0 Å². The number of methoxy groups -OCH3 is 1. The maximum atomic E-state index is 12.7. The Morgan fingerprint density at radius 1 is 1.00 bits per heavy atom. The number of carbonyl (C=O) groups is 2.